The topological polar surface area (TPSA) is 91.6 Å². The third-order valence-electron chi connectivity index (χ3n) is 5.22. The summed E-state index contributed by atoms with van der Waals surface area (Å²) < 4.78 is 53.8. The van der Waals surface area contributed by atoms with Crippen molar-refractivity contribution >= 4 is 22.7 Å². The minimum Gasteiger partial charge on any atom is -0.505 e. The van der Waals surface area contributed by atoms with E-state index in [1.54, 1.807) is 6.92 Å². The number of aliphatic hydroxyl groups excluding tert-OH is 1. The maximum absolute atomic E-state index is 14.1. The lowest BCUT2D eigenvalue weighted by Gasteiger charge is -2.13. The number of fused-ring (bicyclic) bond motifs is 1. The summed E-state index contributed by atoms with van der Waals surface area (Å²) in [6.07, 6.45) is -4.57. The second kappa shape index (κ2) is 8.62. The molecule has 1 unspecified atom stereocenters. The lowest BCUT2D eigenvalue weighted by atomic mass is 9.97. The maximum atomic E-state index is 14.1. The van der Waals surface area contributed by atoms with Gasteiger partial charge in [-0.05, 0) is 49.7 Å². The van der Waals surface area contributed by atoms with Crippen LogP contribution in [0.15, 0.2) is 36.4 Å². The lowest BCUT2D eigenvalue weighted by Crippen LogP contribution is -2.30. The number of amides is 1. The van der Waals surface area contributed by atoms with Crippen LogP contribution < -0.4 is 5.32 Å². The highest BCUT2D eigenvalue weighted by atomic mass is 19.4. The van der Waals surface area contributed by atoms with Gasteiger partial charge in [-0.3, -0.25) is 14.2 Å². The summed E-state index contributed by atoms with van der Waals surface area (Å²) in [7, 11) is 0. The molecule has 0 aliphatic heterocycles. The van der Waals surface area contributed by atoms with E-state index in [0.29, 0.717) is 5.56 Å². The molecule has 0 aliphatic rings. The van der Waals surface area contributed by atoms with Gasteiger partial charge in [0.15, 0.2) is 11.6 Å². The molecule has 32 heavy (non-hydrogen) atoms. The minimum absolute atomic E-state index is 0.00518. The maximum Gasteiger partial charge on any atom is 0.416 e. The predicted octanol–water partition coefficient (Wildman–Crippen LogP) is 3.71. The number of hydrogen-bond acceptors (Lipinski definition) is 4. The van der Waals surface area contributed by atoms with Crippen molar-refractivity contribution in [2.24, 2.45) is 0 Å². The Hall–Kier alpha value is -3.40. The molecule has 0 saturated heterocycles. The van der Waals surface area contributed by atoms with Crippen molar-refractivity contribution < 1.29 is 37.4 Å². The number of nitrogens with zero attached hydrogens (tertiary/aromatic N) is 1. The molecule has 0 fully saturated rings. The Kier molecular flexibility index (Phi) is 6.27. The molecule has 3 N–H and O–H groups in total. The Bertz CT molecular complexity index is 1180. The smallest absolute Gasteiger partial charge is 0.416 e. The van der Waals surface area contributed by atoms with Crippen molar-refractivity contribution in [1.82, 2.24) is 9.88 Å². The number of phenolic OH excluding ortho intramolecular Hbond substituents is 1. The molecular formula is C22H20F4N2O4. The van der Waals surface area contributed by atoms with Crippen molar-refractivity contribution in [3.8, 4) is 5.75 Å². The van der Waals surface area contributed by atoms with Gasteiger partial charge < -0.3 is 15.5 Å². The van der Waals surface area contributed by atoms with Crippen molar-refractivity contribution in [2.45, 2.75) is 25.9 Å². The highest BCUT2D eigenvalue weighted by Gasteiger charge is 2.31. The summed E-state index contributed by atoms with van der Waals surface area (Å²) in [5.74, 6) is -3.70. The Labute approximate surface area is 180 Å². The zero-order chi connectivity index (χ0) is 23.8. The van der Waals surface area contributed by atoms with E-state index in [1.807, 2.05) is 0 Å². The van der Waals surface area contributed by atoms with Crippen LogP contribution in [0.4, 0.5) is 17.6 Å². The van der Waals surface area contributed by atoms with Crippen LogP contribution in [0.5, 0.6) is 5.75 Å². The molecule has 1 atom stereocenters. The first-order valence-electron chi connectivity index (χ1n) is 9.61. The standard InChI is InChI=1S/C22H20F4N2O4/c1-11(20(31)27-7-8-29)19-12(2)28(17-10-16(23)18(30)9-15(17)19)21(32)13-3-5-14(6-4-13)22(24,25)26/h3-6,9-11,29-30H,7-8H2,1-2H3,(H,27,31). The van der Waals surface area contributed by atoms with Gasteiger partial charge in [-0.15, -0.1) is 0 Å². The van der Waals surface area contributed by atoms with Crippen molar-refractivity contribution in [3.63, 3.8) is 0 Å². The molecule has 0 bridgehead atoms. The van der Waals surface area contributed by atoms with Crippen LogP contribution in [0.1, 0.15) is 40.0 Å². The highest BCUT2D eigenvalue weighted by molar-refractivity contribution is 6.05. The fourth-order valence-corrected chi connectivity index (χ4v) is 3.65. The van der Waals surface area contributed by atoms with Gasteiger partial charge in [0.1, 0.15) is 0 Å². The van der Waals surface area contributed by atoms with Gasteiger partial charge in [0.25, 0.3) is 5.91 Å². The number of rotatable bonds is 5. The number of carbonyl (C=O) groups is 2. The quantitative estimate of drug-likeness (QED) is 0.515. The molecule has 0 aliphatic carbocycles. The van der Waals surface area contributed by atoms with E-state index in [-0.39, 0.29) is 35.3 Å². The first-order valence-corrected chi connectivity index (χ1v) is 9.61. The summed E-state index contributed by atoms with van der Waals surface area (Å²) in [4.78, 5) is 25.7. The average molecular weight is 452 g/mol. The van der Waals surface area contributed by atoms with Crippen molar-refractivity contribution in [3.05, 3.63) is 64.6 Å². The Morgan fingerprint density at radius 3 is 2.34 bits per heavy atom. The molecule has 3 aromatic rings. The summed E-state index contributed by atoms with van der Waals surface area (Å²) in [6, 6.07) is 5.61. The van der Waals surface area contributed by atoms with Gasteiger partial charge in [0, 0.05) is 29.3 Å². The summed E-state index contributed by atoms with van der Waals surface area (Å²) in [5.41, 5.74) is -0.337. The number of halogens is 4. The van der Waals surface area contributed by atoms with E-state index >= 15 is 0 Å². The van der Waals surface area contributed by atoms with E-state index in [9.17, 15) is 32.3 Å². The normalized spacial score (nSPS) is 12.7. The number of aromatic nitrogens is 1. The molecule has 2 aromatic carbocycles. The zero-order valence-corrected chi connectivity index (χ0v) is 17.1. The third kappa shape index (κ3) is 4.18. The van der Waals surface area contributed by atoms with E-state index in [1.165, 1.54) is 6.92 Å². The molecular weight excluding hydrogens is 432 g/mol. The number of aromatic hydroxyl groups is 1. The van der Waals surface area contributed by atoms with Crippen LogP contribution in [0.3, 0.4) is 0 Å². The number of benzene rings is 2. The van der Waals surface area contributed by atoms with Gasteiger partial charge in [-0.25, -0.2) is 4.39 Å². The van der Waals surface area contributed by atoms with Crippen LogP contribution >= 0.6 is 0 Å². The van der Waals surface area contributed by atoms with Crippen LogP contribution in [-0.2, 0) is 11.0 Å². The van der Waals surface area contributed by atoms with Gasteiger partial charge in [0.05, 0.1) is 23.6 Å². The van der Waals surface area contributed by atoms with E-state index < -0.39 is 41.0 Å². The first kappa shape index (κ1) is 23.3. The summed E-state index contributed by atoms with van der Waals surface area (Å²) >= 11 is 0. The molecule has 0 spiro atoms. The monoisotopic (exact) mass is 452 g/mol. The van der Waals surface area contributed by atoms with Crippen LogP contribution in [0.2, 0.25) is 0 Å². The molecule has 1 amide bonds. The molecule has 1 aromatic heterocycles. The molecule has 6 nitrogen and oxygen atoms in total. The Balaban J connectivity index is 2.16. The molecule has 170 valence electrons. The van der Waals surface area contributed by atoms with Crippen LogP contribution in [0, 0.1) is 12.7 Å². The third-order valence-corrected chi connectivity index (χ3v) is 5.22. The fraction of sp³-hybridized carbons (Fsp3) is 0.273. The number of phenols is 1. The SMILES string of the molecule is Cc1c(C(C)C(=O)NCCO)c2cc(O)c(F)cc2n1C(=O)c1ccc(C(F)(F)F)cc1. The zero-order valence-electron chi connectivity index (χ0n) is 17.1. The molecule has 3 rings (SSSR count). The molecule has 1 heterocycles. The number of aliphatic hydroxyl groups is 1. The van der Waals surface area contributed by atoms with Gasteiger partial charge in [0.2, 0.25) is 5.91 Å². The van der Waals surface area contributed by atoms with E-state index in [2.05, 4.69) is 5.32 Å². The van der Waals surface area contributed by atoms with Crippen LogP contribution in [-0.4, -0.2) is 39.7 Å². The molecule has 0 radical (unpaired) electrons. The second-order valence-electron chi connectivity index (χ2n) is 7.27. The highest BCUT2D eigenvalue weighted by Crippen LogP contribution is 2.36. The number of nitrogens with one attached hydrogen (secondary N) is 1. The average Bonchev–Trinajstić information content (AvgIpc) is 3.01. The lowest BCUT2D eigenvalue weighted by molar-refractivity contribution is -0.137. The second-order valence-corrected chi connectivity index (χ2v) is 7.27. The number of carbonyl (C=O) groups excluding carboxylic acids is 2. The fourth-order valence-electron chi connectivity index (χ4n) is 3.65. The number of hydrogen-bond donors (Lipinski definition) is 3. The first-order chi connectivity index (χ1) is 15.0. The van der Waals surface area contributed by atoms with E-state index in [0.717, 1.165) is 41.0 Å². The van der Waals surface area contributed by atoms with E-state index in [4.69, 9.17) is 5.11 Å². The Morgan fingerprint density at radius 1 is 1.16 bits per heavy atom. The van der Waals surface area contributed by atoms with Gasteiger partial charge >= 0.3 is 6.18 Å². The van der Waals surface area contributed by atoms with Gasteiger partial charge in [-0.2, -0.15) is 13.2 Å². The summed E-state index contributed by atoms with van der Waals surface area (Å²) in [6.45, 7) is 2.78. The molecule has 10 heteroatoms. The largest absolute Gasteiger partial charge is 0.505 e. The number of alkyl halides is 3. The predicted molar refractivity (Wildman–Crippen MR) is 108 cm³/mol. The molecule has 0 saturated carbocycles. The van der Waals surface area contributed by atoms with Crippen LogP contribution in [0.25, 0.3) is 10.9 Å². The summed E-state index contributed by atoms with van der Waals surface area (Å²) in [5, 5.41) is 21.5. The Morgan fingerprint density at radius 2 is 1.78 bits per heavy atom. The van der Waals surface area contributed by atoms with Crippen molar-refractivity contribution in [1.29, 1.82) is 0 Å². The van der Waals surface area contributed by atoms with Crippen molar-refractivity contribution in [2.75, 3.05) is 13.2 Å². The minimum atomic E-state index is -4.57. The van der Waals surface area contributed by atoms with Gasteiger partial charge in [-0.1, -0.05) is 0 Å².